The van der Waals surface area contributed by atoms with Crippen LogP contribution in [0.1, 0.15) is 43.5 Å². The molecule has 35 heavy (non-hydrogen) atoms. The fraction of sp³-hybridized carbons (Fsp3) is 0.435. The van der Waals surface area contributed by atoms with E-state index in [0.717, 1.165) is 18.5 Å². The highest BCUT2D eigenvalue weighted by molar-refractivity contribution is 8.15. The molecule has 6 nitrogen and oxygen atoms in total. The molecule has 0 unspecified atom stereocenters. The number of nitrogens with zero attached hydrogens (tertiary/aromatic N) is 3. The van der Waals surface area contributed by atoms with Gasteiger partial charge in [-0.2, -0.15) is 13.2 Å². The van der Waals surface area contributed by atoms with Crippen LogP contribution in [-0.4, -0.2) is 46.4 Å². The highest BCUT2D eigenvalue weighted by Crippen LogP contribution is 2.46. The number of aliphatic imine (C=N–C) groups is 1. The molecule has 3 rings (SSSR count). The van der Waals surface area contributed by atoms with Crippen LogP contribution in [0.3, 0.4) is 0 Å². The van der Waals surface area contributed by atoms with Crippen molar-refractivity contribution in [1.82, 2.24) is 9.97 Å². The molecule has 0 fully saturated rings. The molecule has 0 radical (unpaired) electrons. The second kappa shape index (κ2) is 10.5. The molecule has 190 valence electrons. The Kier molecular flexibility index (Phi) is 8.05. The predicted molar refractivity (Wildman–Crippen MR) is 125 cm³/mol. The third-order valence-electron chi connectivity index (χ3n) is 5.25. The first kappa shape index (κ1) is 26.9. The Morgan fingerprint density at radius 2 is 1.97 bits per heavy atom. The molecule has 0 saturated heterocycles. The van der Waals surface area contributed by atoms with Crippen LogP contribution in [0.4, 0.5) is 22.0 Å². The largest absolute Gasteiger partial charge is 0.476 e. The van der Waals surface area contributed by atoms with Crippen molar-refractivity contribution in [1.29, 1.82) is 0 Å². The van der Waals surface area contributed by atoms with E-state index >= 15 is 0 Å². The monoisotopic (exact) mass is 516 g/mol. The lowest BCUT2D eigenvalue weighted by atomic mass is 9.82. The van der Waals surface area contributed by atoms with Crippen molar-refractivity contribution < 1.29 is 31.4 Å². The van der Waals surface area contributed by atoms with Crippen molar-refractivity contribution >= 4 is 28.8 Å². The number of benzene rings is 1. The van der Waals surface area contributed by atoms with Crippen LogP contribution in [0, 0.1) is 5.82 Å². The molecule has 1 aromatic heterocycles. The Bertz CT molecular complexity index is 1110. The van der Waals surface area contributed by atoms with E-state index in [4.69, 9.17) is 15.2 Å². The van der Waals surface area contributed by atoms with E-state index in [9.17, 15) is 22.0 Å². The Balaban J connectivity index is 1.82. The minimum absolute atomic E-state index is 0.158. The second-order valence-corrected chi connectivity index (χ2v) is 10.2. The summed E-state index contributed by atoms with van der Waals surface area (Å²) in [6.07, 6.45) is -1.84. The van der Waals surface area contributed by atoms with Crippen LogP contribution in [0.5, 0.6) is 5.88 Å². The molecular formula is C23H25F5N4O2S. The Morgan fingerprint density at radius 3 is 2.60 bits per heavy atom. The number of hydrogen-bond acceptors (Lipinski definition) is 7. The fourth-order valence-electron chi connectivity index (χ4n) is 3.91. The highest BCUT2D eigenvalue weighted by Gasteiger charge is 2.43. The van der Waals surface area contributed by atoms with Gasteiger partial charge in [-0.25, -0.2) is 18.7 Å². The number of thioether (sulfide) groups is 1. The summed E-state index contributed by atoms with van der Waals surface area (Å²) in [5.74, 6) is -1.44. The number of halogens is 5. The number of aromatic nitrogens is 2. The summed E-state index contributed by atoms with van der Waals surface area (Å²) in [6.45, 7) is 3.48. The summed E-state index contributed by atoms with van der Waals surface area (Å²) < 4.78 is 76.1. The quantitative estimate of drug-likeness (QED) is 0.468. The predicted octanol–water partition coefficient (Wildman–Crippen LogP) is 5.49. The summed E-state index contributed by atoms with van der Waals surface area (Å²) in [4.78, 5) is 12.1. The smallest absolute Gasteiger partial charge is 0.392 e. The lowest BCUT2D eigenvalue weighted by molar-refractivity contribution is -0.139. The maximum absolute atomic E-state index is 14.9. The Labute approximate surface area is 203 Å². The van der Waals surface area contributed by atoms with Gasteiger partial charge in [-0.1, -0.05) is 17.8 Å². The number of rotatable bonds is 8. The number of nitrogens with two attached hydrogens (primary N) is 1. The molecule has 2 heterocycles. The van der Waals surface area contributed by atoms with Crippen molar-refractivity contribution in [2.45, 2.75) is 43.2 Å². The molecule has 1 aromatic carbocycles. The first-order valence-corrected chi connectivity index (χ1v) is 11.4. The van der Waals surface area contributed by atoms with Gasteiger partial charge in [-0.05, 0) is 44.0 Å². The maximum atomic E-state index is 14.9. The number of hydrogen-bond donors (Lipinski definition) is 1. The van der Waals surface area contributed by atoms with Crippen LogP contribution in [0.25, 0.3) is 11.9 Å². The third kappa shape index (κ3) is 7.14. The van der Waals surface area contributed by atoms with Crippen LogP contribution in [-0.2, 0) is 10.3 Å². The van der Waals surface area contributed by atoms with Crippen molar-refractivity contribution in [2.75, 3.05) is 20.3 Å². The van der Waals surface area contributed by atoms with E-state index in [1.165, 1.54) is 30.0 Å². The van der Waals surface area contributed by atoms with Gasteiger partial charge in [-0.15, -0.1) is 0 Å². The molecular weight excluding hydrogens is 491 g/mol. The van der Waals surface area contributed by atoms with Crippen LogP contribution >= 0.6 is 11.8 Å². The average molecular weight is 517 g/mol. The molecule has 2 aromatic rings. The highest BCUT2D eigenvalue weighted by atomic mass is 32.2. The summed E-state index contributed by atoms with van der Waals surface area (Å²) >= 11 is 1.36. The molecule has 0 amide bonds. The minimum Gasteiger partial charge on any atom is -0.476 e. The van der Waals surface area contributed by atoms with Crippen LogP contribution in [0.15, 0.2) is 35.6 Å². The fourth-order valence-corrected chi connectivity index (χ4v) is 5.20. The molecule has 0 spiro atoms. The number of amidine groups is 1. The zero-order valence-electron chi connectivity index (χ0n) is 19.3. The average Bonchev–Trinajstić information content (AvgIpc) is 2.73. The van der Waals surface area contributed by atoms with Crippen molar-refractivity contribution in [2.24, 2.45) is 10.7 Å². The van der Waals surface area contributed by atoms with Crippen LogP contribution in [0.2, 0.25) is 0 Å². The lowest BCUT2D eigenvalue weighted by Crippen LogP contribution is -2.43. The molecule has 1 aliphatic rings. The summed E-state index contributed by atoms with van der Waals surface area (Å²) in [6, 6.07) is 4.13. The van der Waals surface area contributed by atoms with Gasteiger partial charge in [0.2, 0.25) is 5.88 Å². The molecule has 0 bridgehead atoms. The standard InChI is InChI=1S/C23H25F5N4O2S/c1-21(13-33-3)12-22(2,32-20(29)35-21)15-8-14(4-5-16(15)24)9-17(25)18-10-31-19(11-30-18)34-7-6-23(26,27)28/h4-5,8-11H,6-7,12-13H2,1-3H3,(H2,29,32)/b17-9-/t21-,22+/m1/s1. The Morgan fingerprint density at radius 1 is 1.23 bits per heavy atom. The minimum atomic E-state index is -4.36. The maximum Gasteiger partial charge on any atom is 0.392 e. The first-order valence-electron chi connectivity index (χ1n) is 10.5. The summed E-state index contributed by atoms with van der Waals surface area (Å²) in [5.41, 5.74) is 5.50. The Hall–Kier alpha value is -2.73. The topological polar surface area (TPSA) is 82.6 Å². The molecule has 2 atom stereocenters. The van der Waals surface area contributed by atoms with E-state index in [1.807, 2.05) is 6.92 Å². The zero-order valence-corrected chi connectivity index (χ0v) is 20.1. The van der Waals surface area contributed by atoms with Crippen molar-refractivity contribution in [3.05, 3.63) is 53.2 Å². The van der Waals surface area contributed by atoms with Gasteiger partial charge in [0.1, 0.15) is 11.5 Å². The van der Waals surface area contributed by atoms with E-state index in [1.54, 1.807) is 14.0 Å². The third-order valence-corrected chi connectivity index (χ3v) is 6.30. The number of ether oxygens (including phenoxy) is 2. The molecule has 12 heteroatoms. The van der Waals surface area contributed by atoms with Gasteiger partial charge in [0, 0.05) is 17.4 Å². The van der Waals surface area contributed by atoms with E-state index in [2.05, 4.69) is 15.0 Å². The lowest BCUT2D eigenvalue weighted by Gasteiger charge is -2.41. The molecule has 1 aliphatic heterocycles. The van der Waals surface area contributed by atoms with E-state index < -0.39 is 41.1 Å². The van der Waals surface area contributed by atoms with E-state index in [0.29, 0.717) is 23.8 Å². The van der Waals surface area contributed by atoms with Crippen molar-refractivity contribution in [3.8, 4) is 5.88 Å². The van der Waals surface area contributed by atoms with Gasteiger partial charge >= 0.3 is 6.18 Å². The van der Waals surface area contributed by atoms with Gasteiger partial charge in [0.25, 0.3) is 0 Å². The SMILES string of the molecule is COC[C@@]1(C)C[C@@](C)(c2cc(/C=C(\F)c3cnc(OCCC(F)(F)F)cn3)ccc2F)N=C(N)S1. The molecule has 0 saturated carbocycles. The second-order valence-electron chi connectivity index (χ2n) is 8.57. The van der Waals surface area contributed by atoms with Gasteiger partial charge in [-0.3, -0.25) is 4.99 Å². The van der Waals surface area contributed by atoms with E-state index in [-0.39, 0.29) is 17.1 Å². The zero-order chi connectivity index (χ0) is 25.9. The van der Waals surface area contributed by atoms with Gasteiger partial charge < -0.3 is 15.2 Å². The van der Waals surface area contributed by atoms with Gasteiger partial charge in [0.05, 0.1) is 37.6 Å². The summed E-state index contributed by atoms with van der Waals surface area (Å²) in [5, 5.41) is 0.303. The molecule has 0 aliphatic carbocycles. The normalized spacial score (nSPS) is 23.2. The molecule has 2 N–H and O–H groups in total. The number of alkyl halides is 3. The number of methoxy groups -OCH3 is 1. The van der Waals surface area contributed by atoms with Gasteiger partial charge in [0.15, 0.2) is 11.0 Å². The van der Waals surface area contributed by atoms with Crippen LogP contribution < -0.4 is 10.5 Å². The summed E-state index contributed by atoms with van der Waals surface area (Å²) in [7, 11) is 1.57. The van der Waals surface area contributed by atoms with Crippen molar-refractivity contribution in [3.63, 3.8) is 0 Å². The first-order chi connectivity index (χ1) is 16.3.